The van der Waals surface area contributed by atoms with Gasteiger partial charge in [0.2, 0.25) is 0 Å². The molecule has 3 rings (SSSR count). The molecule has 11 heteroatoms. The maximum atomic E-state index is 13.5. The van der Waals surface area contributed by atoms with Crippen molar-refractivity contribution in [3.05, 3.63) is 76.4 Å². The Bertz CT molecular complexity index is 1330. The van der Waals surface area contributed by atoms with Gasteiger partial charge in [-0.1, -0.05) is 12.1 Å². The molecule has 1 aromatic heterocycles. The van der Waals surface area contributed by atoms with Gasteiger partial charge < -0.3 is 10.1 Å². The first kappa shape index (κ1) is 22.9. The third-order valence-electron chi connectivity index (χ3n) is 4.20. The van der Waals surface area contributed by atoms with Gasteiger partial charge in [0.25, 0.3) is 15.9 Å². The van der Waals surface area contributed by atoms with Gasteiger partial charge in [-0.05, 0) is 54.3 Å². The van der Waals surface area contributed by atoms with Gasteiger partial charge >= 0.3 is 5.97 Å². The second-order valence-electron chi connectivity index (χ2n) is 6.46. The first-order valence-electron chi connectivity index (χ1n) is 9.04. The first-order valence-corrected chi connectivity index (χ1v) is 11.4. The van der Waals surface area contributed by atoms with E-state index in [-0.39, 0.29) is 27.3 Å². The Morgan fingerprint density at radius 1 is 1.19 bits per heavy atom. The number of amides is 1. The van der Waals surface area contributed by atoms with Crippen molar-refractivity contribution in [2.45, 2.75) is 11.8 Å². The number of benzene rings is 2. The number of thiophene rings is 1. The molecule has 0 aliphatic carbocycles. The van der Waals surface area contributed by atoms with Gasteiger partial charge in [-0.2, -0.15) is 5.26 Å². The molecule has 0 radical (unpaired) electrons. The third kappa shape index (κ3) is 5.29. The van der Waals surface area contributed by atoms with E-state index in [1.807, 2.05) is 6.07 Å². The second kappa shape index (κ2) is 9.59. The quantitative estimate of drug-likeness (QED) is 0.505. The van der Waals surface area contributed by atoms with Crippen LogP contribution in [0.5, 0.6) is 0 Å². The summed E-state index contributed by atoms with van der Waals surface area (Å²) in [6.45, 7) is 0.792. The maximum absolute atomic E-state index is 13.5. The van der Waals surface area contributed by atoms with E-state index in [1.54, 1.807) is 5.38 Å². The smallest absolute Gasteiger partial charge is 0.340 e. The molecular formula is C21H16FN3O5S2. The second-order valence-corrected chi connectivity index (χ2v) is 9.06. The zero-order valence-corrected chi connectivity index (χ0v) is 18.2. The zero-order valence-electron chi connectivity index (χ0n) is 16.6. The van der Waals surface area contributed by atoms with Crippen molar-refractivity contribution < 1.29 is 27.1 Å². The number of carbonyl (C=O) groups is 2. The number of nitriles is 1. The Morgan fingerprint density at radius 3 is 2.66 bits per heavy atom. The van der Waals surface area contributed by atoms with E-state index in [1.165, 1.54) is 43.3 Å². The van der Waals surface area contributed by atoms with E-state index in [4.69, 9.17) is 10.00 Å². The van der Waals surface area contributed by atoms with Crippen molar-refractivity contribution in [1.82, 2.24) is 0 Å². The number of nitrogens with zero attached hydrogens (tertiary/aromatic N) is 1. The molecule has 3 aromatic rings. The van der Waals surface area contributed by atoms with Gasteiger partial charge in [0, 0.05) is 0 Å². The number of hydrogen-bond donors (Lipinski definition) is 2. The van der Waals surface area contributed by atoms with Crippen LogP contribution in [-0.2, 0) is 19.6 Å². The van der Waals surface area contributed by atoms with Crippen molar-refractivity contribution in [2.24, 2.45) is 0 Å². The van der Waals surface area contributed by atoms with Crippen LogP contribution in [0.2, 0.25) is 0 Å². The topological polar surface area (TPSA) is 125 Å². The highest BCUT2D eigenvalue weighted by atomic mass is 32.2. The standard InChI is InChI=1S/C21H16FN3O5S2/c1-13-10-15(6-7-17(13)22)32(28,29)25-18-5-3-2-4-16(18)21(27)30-12-19(26)24-20-14(11-23)8-9-31-20/h2-10,25H,12H2,1H3,(H,24,26). The number of ether oxygens (including phenoxy) is 1. The van der Waals surface area contributed by atoms with Crippen molar-refractivity contribution in [1.29, 1.82) is 5.26 Å². The van der Waals surface area contributed by atoms with Crippen LogP contribution in [0.25, 0.3) is 0 Å². The maximum Gasteiger partial charge on any atom is 0.340 e. The molecule has 2 N–H and O–H groups in total. The number of hydrogen-bond acceptors (Lipinski definition) is 7. The normalized spacial score (nSPS) is 10.8. The number of rotatable bonds is 7. The molecular weight excluding hydrogens is 457 g/mol. The molecule has 0 atom stereocenters. The monoisotopic (exact) mass is 473 g/mol. The minimum atomic E-state index is -4.11. The average molecular weight is 474 g/mol. The van der Waals surface area contributed by atoms with Crippen LogP contribution < -0.4 is 10.0 Å². The molecule has 0 aliphatic heterocycles. The summed E-state index contributed by atoms with van der Waals surface area (Å²) in [4.78, 5) is 24.3. The van der Waals surface area contributed by atoms with E-state index in [9.17, 15) is 22.4 Å². The summed E-state index contributed by atoms with van der Waals surface area (Å²) in [6, 6.07) is 12.5. The molecule has 2 aromatic carbocycles. The fraction of sp³-hybridized carbons (Fsp3) is 0.0952. The van der Waals surface area contributed by atoms with E-state index in [0.717, 1.165) is 23.5 Å². The Labute approximate surface area is 187 Å². The van der Waals surface area contributed by atoms with E-state index < -0.39 is 34.3 Å². The number of sulfonamides is 1. The molecule has 1 heterocycles. The van der Waals surface area contributed by atoms with Crippen molar-refractivity contribution in [3.63, 3.8) is 0 Å². The van der Waals surface area contributed by atoms with Crippen LogP contribution in [0.4, 0.5) is 15.1 Å². The van der Waals surface area contributed by atoms with Crippen LogP contribution >= 0.6 is 11.3 Å². The lowest BCUT2D eigenvalue weighted by Gasteiger charge is -2.13. The van der Waals surface area contributed by atoms with Crippen molar-refractivity contribution in [2.75, 3.05) is 16.6 Å². The Balaban J connectivity index is 1.71. The Morgan fingerprint density at radius 2 is 1.94 bits per heavy atom. The molecule has 0 saturated carbocycles. The van der Waals surface area contributed by atoms with E-state index in [0.29, 0.717) is 5.00 Å². The largest absolute Gasteiger partial charge is 0.452 e. The summed E-state index contributed by atoms with van der Waals surface area (Å²) in [7, 11) is -4.11. The Kier molecular flexibility index (Phi) is 6.87. The van der Waals surface area contributed by atoms with Crippen LogP contribution in [0.15, 0.2) is 58.8 Å². The molecule has 8 nitrogen and oxygen atoms in total. The molecule has 32 heavy (non-hydrogen) atoms. The summed E-state index contributed by atoms with van der Waals surface area (Å²) in [6.07, 6.45) is 0. The van der Waals surface area contributed by atoms with E-state index >= 15 is 0 Å². The molecule has 0 spiro atoms. The lowest BCUT2D eigenvalue weighted by atomic mass is 10.2. The van der Waals surface area contributed by atoms with Crippen LogP contribution in [0.1, 0.15) is 21.5 Å². The summed E-state index contributed by atoms with van der Waals surface area (Å²) in [5.41, 5.74) is 0.254. The number of esters is 1. The van der Waals surface area contributed by atoms with Gasteiger partial charge in [0.05, 0.1) is 21.7 Å². The number of para-hydroxylation sites is 1. The minimum Gasteiger partial charge on any atom is -0.452 e. The molecule has 0 bridgehead atoms. The highest BCUT2D eigenvalue weighted by Gasteiger charge is 2.21. The first-order chi connectivity index (χ1) is 15.2. The third-order valence-corrected chi connectivity index (χ3v) is 6.40. The highest BCUT2D eigenvalue weighted by molar-refractivity contribution is 7.92. The fourth-order valence-electron chi connectivity index (χ4n) is 2.60. The van der Waals surface area contributed by atoms with Gasteiger partial charge in [-0.3, -0.25) is 9.52 Å². The van der Waals surface area contributed by atoms with Crippen molar-refractivity contribution >= 4 is 43.9 Å². The van der Waals surface area contributed by atoms with Gasteiger partial charge in [0.15, 0.2) is 6.61 Å². The minimum absolute atomic E-state index is 0.0649. The predicted molar refractivity (Wildman–Crippen MR) is 116 cm³/mol. The summed E-state index contributed by atoms with van der Waals surface area (Å²) in [5, 5.41) is 13.4. The van der Waals surface area contributed by atoms with Crippen molar-refractivity contribution in [3.8, 4) is 6.07 Å². The highest BCUT2D eigenvalue weighted by Crippen LogP contribution is 2.23. The lowest BCUT2D eigenvalue weighted by molar-refractivity contribution is -0.119. The molecule has 0 fully saturated rings. The lowest BCUT2D eigenvalue weighted by Crippen LogP contribution is -2.22. The molecule has 0 saturated heterocycles. The van der Waals surface area contributed by atoms with Crippen LogP contribution in [-0.4, -0.2) is 26.9 Å². The molecule has 0 aliphatic rings. The Hall–Kier alpha value is -3.75. The zero-order chi connectivity index (χ0) is 23.3. The van der Waals surface area contributed by atoms with Gasteiger partial charge in [-0.25, -0.2) is 17.6 Å². The molecule has 1 amide bonds. The number of halogens is 1. The van der Waals surface area contributed by atoms with E-state index in [2.05, 4.69) is 10.0 Å². The summed E-state index contributed by atoms with van der Waals surface area (Å²) < 4.78 is 46.1. The SMILES string of the molecule is Cc1cc(S(=O)(=O)Nc2ccccc2C(=O)OCC(=O)Nc2sccc2C#N)ccc1F. The summed E-state index contributed by atoms with van der Waals surface area (Å²) >= 11 is 1.15. The number of aryl methyl sites for hydroxylation is 1. The number of nitrogens with one attached hydrogen (secondary N) is 2. The number of anilines is 2. The molecule has 0 unspecified atom stereocenters. The van der Waals surface area contributed by atoms with Crippen LogP contribution in [0, 0.1) is 24.1 Å². The van der Waals surface area contributed by atoms with Gasteiger partial charge in [0.1, 0.15) is 16.9 Å². The molecule has 164 valence electrons. The fourth-order valence-corrected chi connectivity index (χ4v) is 4.52. The predicted octanol–water partition coefficient (Wildman–Crippen LogP) is 3.66. The number of carbonyl (C=O) groups excluding carboxylic acids is 2. The van der Waals surface area contributed by atoms with Gasteiger partial charge in [-0.15, -0.1) is 11.3 Å². The summed E-state index contributed by atoms with van der Waals surface area (Å²) in [5.74, 6) is -2.13. The van der Waals surface area contributed by atoms with Crippen LogP contribution in [0.3, 0.4) is 0 Å². The average Bonchev–Trinajstić information content (AvgIpc) is 3.21.